The van der Waals surface area contributed by atoms with Crippen LogP contribution < -0.4 is 5.32 Å². The normalized spacial score (nSPS) is 41.7. The smallest absolute Gasteiger partial charge is 0.00179 e. The highest BCUT2D eigenvalue weighted by molar-refractivity contribution is 4.84. The van der Waals surface area contributed by atoms with Crippen molar-refractivity contribution >= 4 is 0 Å². The summed E-state index contributed by atoms with van der Waals surface area (Å²) in [7, 11) is 0. The molecule has 1 N–H and O–H groups in total. The van der Waals surface area contributed by atoms with E-state index in [4.69, 9.17) is 0 Å². The van der Waals surface area contributed by atoms with Crippen LogP contribution in [0.25, 0.3) is 0 Å². The van der Waals surface area contributed by atoms with Gasteiger partial charge in [0.25, 0.3) is 0 Å². The third kappa shape index (κ3) is 1.34. The van der Waals surface area contributed by atoms with Gasteiger partial charge in [-0.1, -0.05) is 27.2 Å². The van der Waals surface area contributed by atoms with E-state index in [-0.39, 0.29) is 0 Å². The summed E-state index contributed by atoms with van der Waals surface area (Å²) in [6, 6.07) is 0. The fraction of sp³-hybridized carbons (Fsp3) is 1.00. The van der Waals surface area contributed by atoms with Gasteiger partial charge in [-0.25, -0.2) is 0 Å². The molecule has 1 heteroatoms. The van der Waals surface area contributed by atoms with Gasteiger partial charge in [-0.15, -0.1) is 0 Å². The van der Waals surface area contributed by atoms with Crippen molar-refractivity contribution in [3.63, 3.8) is 0 Å². The molecule has 0 bridgehead atoms. The summed E-state index contributed by atoms with van der Waals surface area (Å²) in [5.74, 6) is 0.853. The van der Waals surface area contributed by atoms with Gasteiger partial charge in [-0.3, -0.25) is 0 Å². The van der Waals surface area contributed by atoms with Crippen LogP contribution in [0.2, 0.25) is 0 Å². The van der Waals surface area contributed by atoms with Crippen LogP contribution in [0.15, 0.2) is 0 Å². The highest BCUT2D eigenvalue weighted by Gasteiger charge is 2.31. The summed E-state index contributed by atoms with van der Waals surface area (Å²) >= 11 is 0. The monoisotopic (exact) mass is 141 g/mol. The van der Waals surface area contributed by atoms with Crippen LogP contribution in [0.4, 0.5) is 0 Å². The topological polar surface area (TPSA) is 12.0 Å². The molecule has 1 aliphatic heterocycles. The van der Waals surface area contributed by atoms with Crippen LogP contribution in [0.1, 0.15) is 33.6 Å². The molecule has 1 aliphatic rings. The molecule has 1 heterocycles. The van der Waals surface area contributed by atoms with Crippen LogP contribution in [0.3, 0.4) is 0 Å². The van der Waals surface area contributed by atoms with Crippen molar-refractivity contribution in [1.29, 1.82) is 0 Å². The van der Waals surface area contributed by atoms with E-state index in [1.54, 1.807) is 0 Å². The molecule has 1 rings (SSSR count). The maximum atomic E-state index is 3.42. The van der Waals surface area contributed by atoms with Crippen molar-refractivity contribution in [2.75, 3.05) is 13.1 Å². The summed E-state index contributed by atoms with van der Waals surface area (Å²) in [6.45, 7) is 9.51. The van der Waals surface area contributed by atoms with Gasteiger partial charge in [0, 0.05) is 0 Å². The van der Waals surface area contributed by atoms with E-state index in [2.05, 4.69) is 26.1 Å². The summed E-state index contributed by atoms with van der Waals surface area (Å²) in [6.07, 6.45) is 2.68. The molecule has 2 atom stereocenters. The van der Waals surface area contributed by atoms with Crippen LogP contribution in [-0.2, 0) is 0 Å². The second-order valence-electron chi connectivity index (χ2n) is 3.86. The Bertz CT molecular complexity index is 111. The van der Waals surface area contributed by atoms with Crippen molar-refractivity contribution in [3.8, 4) is 0 Å². The predicted molar refractivity (Wildman–Crippen MR) is 45.0 cm³/mol. The second kappa shape index (κ2) is 2.91. The molecule has 0 spiro atoms. The molecule has 0 aromatic rings. The molecule has 0 unspecified atom stereocenters. The molecule has 1 fully saturated rings. The van der Waals surface area contributed by atoms with Crippen molar-refractivity contribution < 1.29 is 0 Å². The fourth-order valence-corrected chi connectivity index (χ4v) is 1.71. The quantitative estimate of drug-likeness (QED) is 0.589. The predicted octanol–water partition coefficient (Wildman–Crippen LogP) is 2.03. The Kier molecular flexibility index (Phi) is 2.35. The minimum Gasteiger partial charge on any atom is -0.316 e. The van der Waals surface area contributed by atoms with E-state index >= 15 is 0 Å². The van der Waals surface area contributed by atoms with Gasteiger partial charge in [-0.2, -0.15) is 0 Å². The van der Waals surface area contributed by atoms with E-state index in [1.807, 2.05) is 0 Å². The molecule has 0 amide bonds. The highest BCUT2D eigenvalue weighted by atomic mass is 14.9. The first-order valence-corrected chi connectivity index (χ1v) is 4.40. The van der Waals surface area contributed by atoms with Crippen molar-refractivity contribution in [2.24, 2.45) is 11.3 Å². The number of hydrogen-bond acceptors (Lipinski definition) is 1. The lowest BCUT2D eigenvalue weighted by Gasteiger charge is -2.39. The summed E-state index contributed by atoms with van der Waals surface area (Å²) < 4.78 is 0. The lowest BCUT2D eigenvalue weighted by atomic mass is 9.71. The number of piperidine rings is 1. The first-order chi connectivity index (χ1) is 4.69. The Labute approximate surface area is 64.2 Å². The molecule has 1 nitrogen and oxygen atoms in total. The van der Waals surface area contributed by atoms with Gasteiger partial charge in [-0.05, 0) is 30.8 Å². The second-order valence-corrected chi connectivity index (χ2v) is 3.86. The molecule has 0 radical (unpaired) electrons. The Hall–Kier alpha value is -0.0400. The van der Waals surface area contributed by atoms with Crippen molar-refractivity contribution in [3.05, 3.63) is 0 Å². The molecular weight excluding hydrogens is 122 g/mol. The Morgan fingerprint density at radius 1 is 1.60 bits per heavy atom. The molecule has 10 heavy (non-hydrogen) atoms. The minimum absolute atomic E-state index is 0.616. The minimum atomic E-state index is 0.616. The number of hydrogen-bond donors (Lipinski definition) is 1. The van der Waals surface area contributed by atoms with Crippen molar-refractivity contribution in [1.82, 2.24) is 5.32 Å². The van der Waals surface area contributed by atoms with E-state index in [1.165, 1.54) is 25.9 Å². The molecule has 0 aromatic carbocycles. The van der Waals surface area contributed by atoms with Crippen LogP contribution >= 0.6 is 0 Å². The van der Waals surface area contributed by atoms with Crippen LogP contribution in [0, 0.1) is 11.3 Å². The summed E-state index contributed by atoms with van der Waals surface area (Å²) in [4.78, 5) is 0. The molecular formula is C9H19N. The molecule has 60 valence electrons. The van der Waals surface area contributed by atoms with E-state index in [0.29, 0.717) is 5.41 Å². The van der Waals surface area contributed by atoms with Gasteiger partial charge < -0.3 is 5.32 Å². The van der Waals surface area contributed by atoms with Gasteiger partial charge in [0.1, 0.15) is 0 Å². The third-order valence-electron chi connectivity index (χ3n) is 3.32. The Morgan fingerprint density at radius 3 is 2.70 bits per heavy atom. The fourth-order valence-electron chi connectivity index (χ4n) is 1.71. The summed E-state index contributed by atoms with van der Waals surface area (Å²) in [5, 5.41) is 3.42. The zero-order chi connectivity index (χ0) is 7.61. The van der Waals surface area contributed by atoms with E-state index < -0.39 is 0 Å². The maximum Gasteiger partial charge on any atom is -0.00179 e. The van der Waals surface area contributed by atoms with Crippen molar-refractivity contribution in [2.45, 2.75) is 33.6 Å². The van der Waals surface area contributed by atoms with Crippen LogP contribution in [0.5, 0.6) is 0 Å². The van der Waals surface area contributed by atoms with E-state index in [0.717, 1.165) is 5.92 Å². The largest absolute Gasteiger partial charge is 0.316 e. The maximum absolute atomic E-state index is 3.42. The van der Waals surface area contributed by atoms with Crippen LogP contribution in [-0.4, -0.2) is 13.1 Å². The lowest BCUT2D eigenvalue weighted by molar-refractivity contribution is 0.139. The number of nitrogens with one attached hydrogen (secondary N) is 1. The van der Waals surface area contributed by atoms with Gasteiger partial charge in [0.05, 0.1) is 0 Å². The molecule has 0 aromatic heterocycles. The SMILES string of the molecule is CC[C@]1(C)CCNC[C@H]1C. The average Bonchev–Trinajstić information content (AvgIpc) is 1.96. The molecule has 0 saturated carbocycles. The molecule has 0 aliphatic carbocycles. The standard InChI is InChI=1S/C9H19N/c1-4-9(3)5-6-10-7-8(9)2/h8,10H,4-7H2,1-3H3/t8-,9-/m1/s1. The molecule has 1 saturated heterocycles. The first-order valence-electron chi connectivity index (χ1n) is 4.40. The summed E-state index contributed by atoms with van der Waals surface area (Å²) in [5.41, 5.74) is 0.616. The first kappa shape index (κ1) is 8.06. The third-order valence-corrected chi connectivity index (χ3v) is 3.32. The highest BCUT2D eigenvalue weighted by Crippen LogP contribution is 2.35. The zero-order valence-corrected chi connectivity index (χ0v) is 7.41. The number of rotatable bonds is 1. The lowest BCUT2D eigenvalue weighted by Crippen LogP contribution is -2.41. The van der Waals surface area contributed by atoms with Gasteiger partial charge in [0.15, 0.2) is 0 Å². The van der Waals surface area contributed by atoms with E-state index in [9.17, 15) is 0 Å². The van der Waals surface area contributed by atoms with Gasteiger partial charge in [0.2, 0.25) is 0 Å². The average molecular weight is 141 g/mol. The Balaban J connectivity index is 2.54. The van der Waals surface area contributed by atoms with Gasteiger partial charge >= 0.3 is 0 Å². The zero-order valence-electron chi connectivity index (χ0n) is 7.41. The Morgan fingerprint density at radius 2 is 2.30 bits per heavy atom.